The van der Waals surface area contributed by atoms with E-state index in [9.17, 15) is 9.90 Å². The molecule has 1 aromatic carbocycles. The number of ether oxygens (including phenoxy) is 1. The maximum absolute atomic E-state index is 14.1. The van der Waals surface area contributed by atoms with Gasteiger partial charge in [0, 0.05) is 37.0 Å². The molecule has 0 N–H and O–H groups in total. The van der Waals surface area contributed by atoms with Crippen LogP contribution in [0.1, 0.15) is 49.8 Å². The molecule has 1 saturated heterocycles. The Morgan fingerprint density at radius 2 is 1.94 bits per heavy atom. The number of quaternary nitrogens is 1. The molecule has 2 fully saturated rings. The fourth-order valence-corrected chi connectivity index (χ4v) is 5.29. The van der Waals surface area contributed by atoms with Gasteiger partial charge in [-0.1, -0.05) is 56.0 Å². The molecule has 2 aliphatic rings. The molecule has 3 atom stereocenters. The fraction of sp³-hybridized carbons (Fsp3) is 0.560. The summed E-state index contributed by atoms with van der Waals surface area (Å²) >= 11 is 0. The number of likely N-dealkylation sites (tertiary alicyclic amines) is 1. The van der Waals surface area contributed by atoms with Gasteiger partial charge in [-0.25, -0.2) is 0 Å². The average Bonchev–Trinajstić information content (AvgIpc) is 3.34. The van der Waals surface area contributed by atoms with E-state index in [4.69, 9.17) is 4.74 Å². The number of rotatable bonds is 7. The molecule has 2 aromatic rings. The lowest BCUT2D eigenvalue weighted by atomic mass is 9.80. The third-order valence-corrected chi connectivity index (χ3v) is 7.10. The smallest absolute Gasteiger partial charge is 0.300 e. The van der Waals surface area contributed by atoms with Gasteiger partial charge >= 0.3 is 5.97 Å². The number of carbonyl (C=O) groups is 1. The number of hydrogen-bond donors (Lipinski definition) is 0. The Labute approximate surface area is 184 Å². The standard InChI is InChI=1S/C25H33N3O3/c1-28(17-13-22-18-26-14-15-27-22)16-7-12-23(19-28)31-24(29)25(30,21-10-5-6-11-21)20-8-3-2-4-9-20/h2-4,8-9,14-15,18,21,23H,5-7,10-13,16-17,19H2,1H3/t23?,25?,28-/m1/s1. The molecule has 6 nitrogen and oxygen atoms in total. The van der Waals surface area contributed by atoms with Gasteiger partial charge in [-0.15, -0.1) is 0 Å². The van der Waals surface area contributed by atoms with Crippen molar-refractivity contribution >= 4 is 5.97 Å². The van der Waals surface area contributed by atoms with Crippen LogP contribution in [0.3, 0.4) is 0 Å². The van der Waals surface area contributed by atoms with Gasteiger partial charge in [0.15, 0.2) is 6.10 Å². The number of hydrogen-bond acceptors (Lipinski definition) is 5. The number of aromatic nitrogens is 2. The van der Waals surface area contributed by atoms with Crippen molar-refractivity contribution in [3.05, 3.63) is 60.2 Å². The minimum Gasteiger partial charge on any atom is -0.837 e. The Morgan fingerprint density at radius 1 is 1.16 bits per heavy atom. The molecule has 2 heterocycles. The largest absolute Gasteiger partial charge is 0.837 e. The molecular weight excluding hydrogens is 390 g/mol. The Hall–Kier alpha value is -2.31. The molecule has 1 aliphatic carbocycles. The first-order valence-corrected chi connectivity index (χ1v) is 11.6. The number of nitrogens with zero attached hydrogens (tertiary/aromatic N) is 3. The lowest BCUT2D eigenvalue weighted by Crippen LogP contribution is -2.58. The minimum absolute atomic E-state index is 0.191. The van der Waals surface area contributed by atoms with Crippen LogP contribution in [-0.4, -0.2) is 53.2 Å². The van der Waals surface area contributed by atoms with E-state index in [-0.39, 0.29) is 12.0 Å². The van der Waals surface area contributed by atoms with Crippen LogP contribution in [0.4, 0.5) is 0 Å². The highest BCUT2D eigenvalue weighted by Gasteiger charge is 2.42. The zero-order valence-corrected chi connectivity index (χ0v) is 18.4. The van der Waals surface area contributed by atoms with Gasteiger partial charge in [0.1, 0.15) is 6.54 Å². The highest BCUT2D eigenvalue weighted by atomic mass is 16.6. The van der Waals surface area contributed by atoms with E-state index >= 15 is 0 Å². The predicted octanol–water partition coefficient (Wildman–Crippen LogP) is 2.62. The molecule has 0 spiro atoms. The summed E-state index contributed by atoms with van der Waals surface area (Å²) in [6.45, 7) is 2.69. The van der Waals surface area contributed by atoms with Crippen molar-refractivity contribution in [2.75, 3.05) is 26.7 Å². The van der Waals surface area contributed by atoms with Crippen molar-refractivity contribution in [1.82, 2.24) is 9.97 Å². The number of likely N-dealkylation sites (N-methyl/N-ethyl adjacent to an activating group) is 1. The summed E-state index contributed by atoms with van der Waals surface area (Å²) < 4.78 is 6.79. The Morgan fingerprint density at radius 3 is 2.65 bits per heavy atom. The zero-order chi connectivity index (χ0) is 21.7. The Balaban J connectivity index is 1.44. The first-order valence-electron chi connectivity index (χ1n) is 11.6. The third-order valence-electron chi connectivity index (χ3n) is 7.10. The molecular formula is C25H33N3O3. The van der Waals surface area contributed by atoms with Crippen LogP contribution in [0.15, 0.2) is 48.9 Å². The summed E-state index contributed by atoms with van der Waals surface area (Å²) in [5.74, 6) is -0.776. The van der Waals surface area contributed by atoms with E-state index in [0.717, 1.165) is 74.8 Å². The topological polar surface area (TPSA) is 75.1 Å². The first-order chi connectivity index (χ1) is 15.0. The maximum atomic E-state index is 14.1. The summed E-state index contributed by atoms with van der Waals surface area (Å²) in [7, 11) is 2.20. The summed E-state index contributed by atoms with van der Waals surface area (Å²) in [6, 6.07) is 9.13. The van der Waals surface area contributed by atoms with Gasteiger partial charge < -0.3 is 14.3 Å². The molecule has 4 rings (SSSR count). The predicted molar refractivity (Wildman–Crippen MR) is 116 cm³/mol. The van der Waals surface area contributed by atoms with E-state index in [0.29, 0.717) is 5.56 Å². The van der Waals surface area contributed by atoms with Crippen LogP contribution in [0.25, 0.3) is 0 Å². The second-order valence-corrected chi connectivity index (χ2v) is 9.45. The molecule has 0 radical (unpaired) electrons. The van der Waals surface area contributed by atoms with Crippen LogP contribution in [-0.2, 0) is 21.6 Å². The van der Waals surface area contributed by atoms with Gasteiger partial charge in [0.2, 0.25) is 0 Å². The van der Waals surface area contributed by atoms with Crippen molar-refractivity contribution in [3.8, 4) is 0 Å². The number of piperidine rings is 1. The molecule has 0 amide bonds. The normalized spacial score (nSPS) is 26.3. The van der Waals surface area contributed by atoms with E-state index in [1.54, 1.807) is 30.7 Å². The van der Waals surface area contributed by atoms with E-state index < -0.39 is 11.6 Å². The highest BCUT2D eigenvalue weighted by Crippen LogP contribution is 2.40. The van der Waals surface area contributed by atoms with Crippen molar-refractivity contribution < 1.29 is 19.1 Å². The van der Waals surface area contributed by atoms with Gasteiger partial charge in [-0.2, -0.15) is 0 Å². The van der Waals surface area contributed by atoms with Gasteiger partial charge in [0.05, 0.1) is 25.8 Å². The van der Waals surface area contributed by atoms with Gasteiger partial charge in [-0.05, 0) is 17.9 Å². The van der Waals surface area contributed by atoms with Crippen LogP contribution in [0.5, 0.6) is 0 Å². The van der Waals surface area contributed by atoms with Crippen molar-refractivity contribution in [1.29, 1.82) is 0 Å². The number of esters is 1. The van der Waals surface area contributed by atoms with Crippen molar-refractivity contribution in [2.45, 2.75) is 56.7 Å². The fourth-order valence-electron chi connectivity index (χ4n) is 5.29. The zero-order valence-electron chi connectivity index (χ0n) is 18.4. The highest BCUT2D eigenvalue weighted by molar-refractivity contribution is 5.81. The third kappa shape index (κ3) is 4.96. The van der Waals surface area contributed by atoms with E-state index in [1.165, 1.54) is 0 Å². The number of benzene rings is 1. The molecule has 1 aliphatic heterocycles. The monoisotopic (exact) mass is 423 g/mol. The maximum Gasteiger partial charge on any atom is 0.300 e. The quantitative estimate of drug-likeness (QED) is 0.506. The van der Waals surface area contributed by atoms with Gasteiger partial charge in [0.25, 0.3) is 0 Å². The molecule has 1 saturated carbocycles. The second kappa shape index (κ2) is 9.45. The molecule has 1 aromatic heterocycles. The first kappa shape index (κ1) is 21.9. The lowest BCUT2D eigenvalue weighted by molar-refractivity contribution is -0.916. The Bertz CT molecular complexity index is 857. The second-order valence-electron chi connectivity index (χ2n) is 9.45. The molecule has 6 heteroatoms. The van der Waals surface area contributed by atoms with Crippen LogP contribution in [0.2, 0.25) is 0 Å². The summed E-state index contributed by atoms with van der Waals surface area (Å²) in [4.78, 5) is 21.9. The van der Waals surface area contributed by atoms with Crippen molar-refractivity contribution in [3.63, 3.8) is 0 Å². The molecule has 0 bridgehead atoms. The minimum atomic E-state index is -1.81. The van der Waals surface area contributed by atoms with E-state index in [1.807, 2.05) is 18.2 Å². The SMILES string of the molecule is C[N@+]1(CCc2cnccn2)CCCC(OC(=O)C([O-])(c2ccccc2)C2CCCC2)C1. The van der Waals surface area contributed by atoms with Crippen LogP contribution >= 0.6 is 0 Å². The molecule has 166 valence electrons. The molecule has 2 unspecified atom stereocenters. The summed E-state index contributed by atoms with van der Waals surface area (Å²) in [5, 5.41) is 14.1. The summed E-state index contributed by atoms with van der Waals surface area (Å²) in [6.07, 6.45) is 11.2. The molecule has 31 heavy (non-hydrogen) atoms. The van der Waals surface area contributed by atoms with Crippen LogP contribution in [0, 0.1) is 5.92 Å². The van der Waals surface area contributed by atoms with Crippen molar-refractivity contribution in [2.24, 2.45) is 5.92 Å². The lowest BCUT2D eigenvalue weighted by Gasteiger charge is -2.46. The van der Waals surface area contributed by atoms with Crippen LogP contribution < -0.4 is 5.11 Å². The Kier molecular flexibility index (Phi) is 6.68. The van der Waals surface area contributed by atoms with E-state index in [2.05, 4.69) is 17.0 Å². The number of carbonyl (C=O) groups excluding carboxylic acids is 1. The van der Waals surface area contributed by atoms with Gasteiger partial charge in [-0.3, -0.25) is 14.8 Å². The average molecular weight is 424 g/mol. The summed E-state index contributed by atoms with van der Waals surface area (Å²) in [5.41, 5.74) is -0.287.